The minimum atomic E-state index is -0.812. The maximum absolute atomic E-state index is 13.1. The molecule has 1 aliphatic heterocycles. The molecule has 0 fully saturated rings. The van der Waals surface area contributed by atoms with Crippen molar-refractivity contribution >= 4 is 12.6 Å². The van der Waals surface area contributed by atoms with E-state index in [2.05, 4.69) is 12.1 Å². The lowest BCUT2D eigenvalue weighted by atomic mass is 9.73. The monoisotopic (exact) mass is 270 g/mol. The van der Waals surface area contributed by atoms with Crippen LogP contribution < -0.4 is 5.46 Å². The SMILES string of the molecule is OB1OCCc2ccc(CCc3cccc(F)c3)cc21. The van der Waals surface area contributed by atoms with Gasteiger partial charge in [0.2, 0.25) is 0 Å². The number of aryl methyl sites for hydroxylation is 2. The van der Waals surface area contributed by atoms with Gasteiger partial charge in [-0.3, -0.25) is 0 Å². The first-order valence-electron chi connectivity index (χ1n) is 6.88. The summed E-state index contributed by atoms with van der Waals surface area (Å²) >= 11 is 0. The normalized spacial score (nSPS) is 14.2. The first-order valence-corrected chi connectivity index (χ1v) is 6.88. The molecule has 1 heterocycles. The number of hydrogen-bond donors (Lipinski definition) is 1. The number of fused-ring (bicyclic) bond motifs is 1. The highest BCUT2D eigenvalue weighted by molar-refractivity contribution is 6.60. The topological polar surface area (TPSA) is 29.5 Å². The van der Waals surface area contributed by atoms with Crippen LogP contribution in [0.5, 0.6) is 0 Å². The molecule has 2 aromatic rings. The zero-order valence-corrected chi connectivity index (χ0v) is 11.2. The van der Waals surface area contributed by atoms with Crippen molar-refractivity contribution in [2.45, 2.75) is 19.3 Å². The molecule has 0 spiro atoms. The summed E-state index contributed by atoms with van der Waals surface area (Å²) in [5.74, 6) is -0.197. The van der Waals surface area contributed by atoms with Crippen LogP contribution in [0.15, 0.2) is 42.5 Å². The Morgan fingerprint density at radius 1 is 1.10 bits per heavy atom. The van der Waals surface area contributed by atoms with Gasteiger partial charge >= 0.3 is 7.12 Å². The Morgan fingerprint density at radius 3 is 2.70 bits per heavy atom. The van der Waals surface area contributed by atoms with Gasteiger partial charge in [-0.2, -0.15) is 0 Å². The Kier molecular flexibility index (Phi) is 3.85. The quantitative estimate of drug-likeness (QED) is 0.863. The zero-order chi connectivity index (χ0) is 13.9. The van der Waals surface area contributed by atoms with Crippen LogP contribution in [0, 0.1) is 5.82 Å². The molecule has 2 aromatic carbocycles. The van der Waals surface area contributed by atoms with Crippen molar-refractivity contribution in [2.75, 3.05) is 6.61 Å². The van der Waals surface area contributed by atoms with Crippen LogP contribution in [0.3, 0.4) is 0 Å². The Morgan fingerprint density at radius 2 is 1.90 bits per heavy atom. The summed E-state index contributed by atoms with van der Waals surface area (Å²) in [6.07, 6.45) is 2.45. The summed E-state index contributed by atoms with van der Waals surface area (Å²) in [6, 6.07) is 12.8. The molecular formula is C16H16BFO2. The van der Waals surface area contributed by atoms with Gasteiger partial charge in [-0.05, 0) is 53.5 Å². The molecule has 1 aliphatic rings. The Hall–Kier alpha value is -1.65. The van der Waals surface area contributed by atoms with E-state index in [1.165, 1.54) is 6.07 Å². The van der Waals surface area contributed by atoms with Gasteiger partial charge in [0.05, 0.1) is 0 Å². The average Bonchev–Trinajstić information content (AvgIpc) is 2.46. The molecule has 0 saturated carbocycles. The summed E-state index contributed by atoms with van der Waals surface area (Å²) < 4.78 is 18.4. The maximum Gasteiger partial charge on any atom is 0.491 e. The summed E-state index contributed by atoms with van der Waals surface area (Å²) in [4.78, 5) is 0. The fraction of sp³-hybridized carbons (Fsp3) is 0.250. The van der Waals surface area contributed by atoms with Crippen molar-refractivity contribution in [2.24, 2.45) is 0 Å². The lowest BCUT2D eigenvalue weighted by Gasteiger charge is -2.19. The molecule has 20 heavy (non-hydrogen) atoms. The predicted molar refractivity (Wildman–Crippen MR) is 77.5 cm³/mol. The van der Waals surface area contributed by atoms with Crippen LogP contribution in [0.1, 0.15) is 16.7 Å². The van der Waals surface area contributed by atoms with Crippen LogP contribution in [0.2, 0.25) is 0 Å². The Bertz CT molecular complexity index is 615. The van der Waals surface area contributed by atoms with Gasteiger partial charge in [0.25, 0.3) is 0 Å². The summed E-state index contributed by atoms with van der Waals surface area (Å²) in [5, 5.41) is 9.84. The van der Waals surface area contributed by atoms with Crippen molar-refractivity contribution < 1.29 is 14.1 Å². The molecule has 0 aromatic heterocycles. The molecule has 0 radical (unpaired) electrons. The van der Waals surface area contributed by atoms with E-state index in [0.717, 1.165) is 41.4 Å². The number of hydrogen-bond acceptors (Lipinski definition) is 2. The Balaban J connectivity index is 1.73. The molecule has 1 N–H and O–H groups in total. The van der Waals surface area contributed by atoms with E-state index < -0.39 is 7.12 Å². The maximum atomic E-state index is 13.1. The lowest BCUT2D eigenvalue weighted by Crippen LogP contribution is -2.41. The minimum absolute atomic E-state index is 0.197. The molecule has 0 amide bonds. The highest BCUT2D eigenvalue weighted by atomic mass is 19.1. The van der Waals surface area contributed by atoms with Gasteiger partial charge < -0.3 is 9.68 Å². The van der Waals surface area contributed by atoms with E-state index >= 15 is 0 Å². The van der Waals surface area contributed by atoms with Crippen molar-refractivity contribution in [3.8, 4) is 0 Å². The number of benzene rings is 2. The van der Waals surface area contributed by atoms with Crippen LogP contribution in [0.4, 0.5) is 4.39 Å². The highest BCUT2D eigenvalue weighted by Crippen LogP contribution is 2.12. The highest BCUT2D eigenvalue weighted by Gasteiger charge is 2.24. The third-order valence-corrected chi connectivity index (χ3v) is 3.71. The smallest absolute Gasteiger partial charge is 0.423 e. The van der Waals surface area contributed by atoms with Gasteiger partial charge in [-0.15, -0.1) is 0 Å². The minimum Gasteiger partial charge on any atom is -0.423 e. The van der Waals surface area contributed by atoms with Gasteiger partial charge in [0.15, 0.2) is 0 Å². The lowest BCUT2D eigenvalue weighted by molar-refractivity contribution is 0.266. The molecule has 0 saturated heterocycles. The van der Waals surface area contributed by atoms with Crippen LogP contribution in [-0.4, -0.2) is 18.7 Å². The van der Waals surface area contributed by atoms with Crippen LogP contribution in [0.25, 0.3) is 0 Å². The van der Waals surface area contributed by atoms with Crippen molar-refractivity contribution in [3.05, 3.63) is 65.0 Å². The third-order valence-electron chi connectivity index (χ3n) is 3.71. The fourth-order valence-electron chi connectivity index (χ4n) is 2.61. The van der Waals surface area contributed by atoms with Crippen LogP contribution >= 0.6 is 0 Å². The van der Waals surface area contributed by atoms with E-state index in [4.69, 9.17) is 4.65 Å². The predicted octanol–water partition coefficient (Wildman–Crippen LogP) is 1.87. The van der Waals surface area contributed by atoms with E-state index in [1.807, 2.05) is 12.1 Å². The molecule has 0 atom stereocenters. The molecule has 3 rings (SSSR count). The zero-order valence-electron chi connectivity index (χ0n) is 11.2. The fourth-order valence-corrected chi connectivity index (χ4v) is 2.61. The van der Waals surface area contributed by atoms with Gasteiger partial charge in [0, 0.05) is 6.61 Å². The standard InChI is InChI=1S/C16H16BFO2/c18-15-3-1-2-12(10-15)4-5-13-6-7-14-8-9-20-17(19)16(14)11-13/h1-3,6-7,10-11,19H,4-5,8-9H2. The first kappa shape index (κ1) is 13.3. The molecule has 0 unspecified atom stereocenters. The number of halogens is 1. The Labute approximate surface area is 118 Å². The van der Waals surface area contributed by atoms with E-state index in [1.54, 1.807) is 12.1 Å². The van der Waals surface area contributed by atoms with E-state index in [0.29, 0.717) is 6.61 Å². The van der Waals surface area contributed by atoms with E-state index in [-0.39, 0.29) is 5.82 Å². The van der Waals surface area contributed by atoms with Gasteiger partial charge in [0.1, 0.15) is 5.82 Å². The number of rotatable bonds is 3. The van der Waals surface area contributed by atoms with Crippen molar-refractivity contribution in [1.29, 1.82) is 0 Å². The second-order valence-corrected chi connectivity index (χ2v) is 5.14. The van der Waals surface area contributed by atoms with Crippen molar-refractivity contribution in [3.63, 3.8) is 0 Å². The molecule has 4 heteroatoms. The molecule has 0 bridgehead atoms. The van der Waals surface area contributed by atoms with Gasteiger partial charge in [-0.1, -0.05) is 30.3 Å². The molecule has 2 nitrogen and oxygen atoms in total. The second-order valence-electron chi connectivity index (χ2n) is 5.14. The summed E-state index contributed by atoms with van der Waals surface area (Å²) in [7, 11) is -0.812. The first-order chi connectivity index (χ1) is 9.72. The van der Waals surface area contributed by atoms with E-state index in [9.17, 15) is 9.41 Å². The molecule has 102 valence electrons. The van der Waals surface area contributed by atoms with Gasteiger partial charge in [-0.25, -0.2) is 4.39 Å². The second kappa shape index (κ2) is 5.77. The molecular weight excluding hydrogens is 254 g/mol. The largest absolute Gasteiger partial charge is 0.491 e. The average molecular weight is 270 g/mol. The summed E-state index contributed by atoms with van der Waals surface area (Å²) in [6.45, 7) is 0.566. The van der Waals surface area contributed by atoms with Crippen molar-refractivity contribution in [1.82, 2.24) is 0 Å². The van der Waals surface area contributed by atoms with Crippen LogP contribution in [-0.2, 0) is 23.9 Å². The summed E-state index contributed by atoms with van der Waals surface area (Å²) in [5.41, 5.74) is 4.14. The molecule has 0 aliphatic carbocycles. The third kappa shape index (κ3) is 2.92.